The zero-order chi connectivity index (χ0) is 14.0. The third-order valence-electron chi connectivity index (χ3n) is 2.71. The van der Waals surface area contributed by atoms with E-state index >= 15 is 0 Å². The molecule has 19 heavy (non-hydrogen) atoms. The van der Waals surface area contributed by atoms with E-state index in [-0.39, 0.29) is 5.88 Å². The molecule has 0 radical (unpaired) electrons. The first-order chi connectivity index (χ1) is 8.90. The molecule has 0 aliphatic carbocycles. The summed E-state index contributed by atoms with van der Waals surface area (Å²) in [5.41, 5.74) is 1.69. The van der Waals surface area contributed by atoms with Gasteiger partial charge in [0.15, 0.2) is 0 Å². The monoisotopic (exact) mass is 288 g/mol. The van der Waals surface area contributed by atoms with Crippen LogP contribution in [0.3, 0.4) is 0 Å². The van der Waals surface area contributed by atoms with Crippen molar-refractivity contribution in [3.63, 3.8) is 0 Å². The molecular weight excluding hydrogens is 277 g/mol. The highest BCUT2D eigenvalue weighted by Crippen LogP contribution is 2.28. The lowest BCUT2D eigenvalue weighted by Gasteiger charge is -2.23. The van der Waals surface area contributed by atoms with Gasteiger partial charge in [-0.25, -0.2) is 0 Å². The lowest BCUT2D eigenvalue weighted by atomic mass is 10.1. The lowest BCUT2D eigenvalue weighted by Crippen LogP contribution is -2.31. The second-order valence-corrected chi connectivity index (χ2v) is 4.52. The Morgan fingerprint density at radius 1 is 1.26 bits per heavy atom. The van der Waals surface area contributed by atoms with Crippen LogP contribution in [0.4, 0.5) is 18.9 Å². The van der Waals surface area contributed by atoms with Crippen LogP contribution in [-0.4, -0.2) is 24.8 Å². The van der Waals surface area contributed by atoms with Crippen molar-refractivity contribution in [3.8, 4) is 0 Å². The quantitative estimate of drug-likeness (QED) is 0.795. The van der Waals surface area contributed by atoms with Gasteiger partial charge in [-0.05, 0) is 12.1 Å². The Morgan fingerprint density at radius 2 is 1.95 bits per heavy atom. The molecule has 0 N–H and O–H groups in total. The number of benzene rings is 1. The molecule has 0 saturated heterocycles. The van der Waals surface area contributed by atoms with Gasteiger partial charge < -0.3 is 4.90 Å². The summed E-state index contributed by atoms with van der Waals surface area (Å²) >= 11 is 5.73. The number of rotatable bonds is 3. The maximum Gasteiger partial charge on any atom is 0.405 e. The van der Waals surface area contributed by atoms with E-state index in [0.717, 1.165) is 0 Å². The van der Waals surface area contributed by atoms with E-state index < -0.39 is 12.7 Å². The molecule has 2 nitrogen and oxygen atoms in total. The minimum absolute atomic E-state index is 0.164. The first-order valence-corrected chi connectivity index (χ1v) is 6.16. The Labute approximate surface area is 113 Å². The minimum atomic E-state index is -4.25. The van der Waals surface area contributed by atoms with Gasteiger partial charge in [-0.3, -0.25) is 4.98 Å². The summed E-state index contributed by atoms with van der Waals surface area (Å²) in [7, 11) is 1.41. The Morgan fingerprint density at radius 3 is 2.58 bits per heavy atom. The van der Waals surface area contributed by atoms with E-state index in [0.29, 0.717) is 22.3 Å². The number of anilines is 1. The highest BCUT2D eigenvalue weighted by atomic mass is 35.5. The van der Waals surface area contributed by atoms with E-state index in [9.17, 15) is 13.2 Å². The van der Waals surface area contributed by atoms with Gasteiger partial charge in [0.05, 0.1) is 17.1 Å². The van der Waals surface area contributed by atoms with Gasteiger partial charge in [-0.2, -0.15) is 13.2 Å². The number of hydrogen-bond acceptors (Lipinski definition) is 2. The summed E-state index contributed by atoms with van der Waals surface area (Å²) in [6.07, 6.45) is -4.25. The van der Waals surface area contributed by atoms with Crippen molar-refractivity contribution in [2.24, 2.45) is 0 Å². The Hall–Kier alpha value is -1.49. The van der Waals surface area contributed by atoms with Gasteiger partial charge in [0.1, 0.15) is 6.54 Å². The molecule has 0 saturated carbocycles. The zero-order valence-electron chi connectivity index (χ0n) is 10.2. The summed E-state index contributed by atoms with van der Waals surface area (Å²) in [4.78, 5) is 5.46. The summed E-state index contributed by atoms with van der Waals surface area (Å²) in [5.74, 6) is 0.164. The molecule has 1 aromatic carbocycles. The highest BCUT2D eigenvalue weighted by molar-refractivity contribution is 6.17. The molecule has 0 spiro atoms. The molecule has 1 heterocycles. The Balaban J connectivity index is 2.51. The molecule has 0 fully saturated rings. The van der Waals surface area contributed by atoms with Crippen molar-refractivity contribution in [1.29, 1.82) is 0 Å². The van der Waals surface area contributed by atoms with E-state index in [1.54, 1.807) is 30.3 Å². The number of para-hydroxylation sites is 1. The molecule has 102 valence electrons. The largest absolute Gasteiger partial charge is 0.405 e. The SMILES string of the molecule is CN(CC(F)(F)F)c1cc(CCl)nc2ccccc12. The van der Waals surface area contributed by atoms with Gasteiger partial charge in [0.25, 0.3) is 0 Å². The van der Waals surface area contributed by atoms with Crippen LogP contribution in [0, 0.1) is 0 Å². The molecule has 0 unspecified atom stereocenters. The molecule has 2 rings (SSSR count). The van der Waals surface area contributed by atoms with E-state index in [4.69, 9.17) is 11.6 Å². The Kier molecular flexibility index (Phi) is 3.85. The lowest BCUT2D eigenvalue weighted by molar-refractivity contribution is -0.119. The van der Waals surface area contributed by atoms with Crippen LogP contribution in [0.1, 0.15) is 5.69 Å². The average Bonchev–Trinajstić information content (AvgIpc) is 2.35. The molecular formula is C13H12ClF3N2. The molecule has 0 aliphatic heterocycles. The van der Waals surface area contributed by atoms with Crippen LogP contribution in [0.15, 0.2) is 30.3 Å². The number of aromatic nitrogens is 1. The van der Waals surface area contributed by atoms with Crippen molar-refractivity contribution in [3.05, 3.63) is 36.0 Å². The number of pyridine rings is 1. The van der Waals surface area contributed by atoms with Gasteiger partial charge in [-0.1, -0.05) is 18.2 Å². The zero-order valence-corrected chi connectivity index (χ0v) is 11.0. The predicted octanol–water partition coefficient (Wildman–Crippen LogP) is 3.97. The topological polar surface area (TPSA) is 16.1 Å². The summed E-state index contributed by atoms with van der Waals surface area (Å²) in [6.45, 7) is -1.01. The minimum Gasteiger partial charge on any atom is -0.365 e. The highest BCUT2D eigenvalue weighted by Gasteiger charge is 2.30. The van der Waals surface area contributed by atoms with Crippen molar-refractivity contribution < 1.29 is 13.2 Å². The van der Waals surface area contributed by atoms with E-state index in [2.05, 4.69) is 4.98 Å². The number of alkyl halides is 4. The maximum absolute atomic E-state index is 12.5. The van der Waals surface area contributed by atoms with Crippen molar-refractivity contribution in [2.75, 3.05) is 18.5 Å². The fourth-order valence-corrected chi connectivity index (χ4v) is 2.09. The number of fused-ring (bicyclic) bond motifs is 1. The smallest absolute Gasteiger partial charge is 0.365 e. The number of hydrogen-bond donors (Lipinski definition) is 0. The summed E-state index contributed by atoms with van der Waals surface area (Å²) in [5, 5.41) is 0.683. The molecule has 6 heteroatoms. The first-order valence-electron chi connectivity index (χ1n) is 5.63. The van der Waals surface area contributed by atoms with Gasteiger partial charge in [-0.15, -0.1) is 11.6 Å². The second-order valence-electron chi connectivity index (χ2n) is 4.25. The second kappa shape index (κ2) is 5.25. The molecule has 2 aromatic rings. The molecule has 0 bridgehead atoms. The molecule has 0 atom stereocenters. The van der Waals surface area contributed by atoms with Gasteiger partial charge in [0.2, 0.25) is 0 Å². The first kappa shape index (κ1) is 13.9. The normalized spacial score (nSPS) is 11.8. The molecule has 0 aliphatic rings. The van der Waals surface area contributed by atoms with Gasteiger partial charge >= 0.3 is 6.18 Å². The average molecular weight is 289 g/mol. The van der Waals surface area contributed by atoms with Crippen molar-refractivity contribution in [1.82, 2.24) is 4.98 Å². The fourth-order valence-electron chi connectivity index (χ4n) is 1.95. The summed E-state index contributed by atoms with van der Waals surface area (Å²) in [6, 6.07) is 8.68. The van der Waals surface area contributed by atoms with Crippen LogP contribution >= 0.6 is 11.6 Å². The summed E-state index contributed by atoms with van der Waals surface area (Å²) < 4.78 is 37.5. The van der Waals surface area contributed by atoms with Crippen LogP contribution in [0.5, 0.6) is 0 Å². The van der Waals surface area contributed by atoms with Crippen LogP contribution in [0.2, 0.25) is 0 Å². The van der Waals surface area contributed by atoms with E-state index in [1.165, 1.54) is 11.9 Å². The van der Waals surface area contributed by atoms with Crippen LogP contribution in [0.25, 0.3) is 10.9 Å². The van der Waals surface area contributed by atoms with Crippen molar-refractivity contribution in [2.45, 2.75) is 12.1 Å². The maximum atomic E-state index is 12.5. The number of halogens is 4. The van der Waals surface area contributed by atoms with E-state index in [1.807, 2.05) is 0 Å². The fraction of sp³-hybridized carbons (Fsp3) is 0.308. The predicted molar refractivity (Wildman–Crippen MR) is 70.6 cm³/mol. The Bertz CT molecular complexity index is 584. The molecule has 1 aromatic heterocycles. The third kappa shape index (κ3) is 3.29. The standard InChI is InChI=1S/C13H12ClF3N2/c1-19(8-13(15,16)17)12-6-9(7-14)18-11-5-3-2-4-10(11)12/h2-6H,7-8H2,1H3. The number of nitrogens with zero attached hydrogens (tertiary/aromatic N) is 2. The van der Waals surface area contributed by atoms with Gasteiger partial charge in [0, 0.05) is 18.1 Å². The third-order valence-corrected chi connectivity index (χ3v) is 2.99. The van der Waals surface area contributed by atoms with Crippen LogP contribution in [-0.2, 0) is 5.88 Å². The van der Waals surface area contributed by atoms with Crippen LogP contribution < -0.4 is 4.90 Å². The van der Waals surface area contributed by atoms with Crippen molar-refractivity contribution >= 4 is 28.2 Å². The molecule has 0 amide bonds.